The first-order chi connectivity index (χ1) is 11.1. The van der Waals surface area contributed by atoms with Crippen molar-refractivity contribution in [1.82, 2.24) is 5.32 Å². The van der Waals surface area contributed by atoms with Crippen molar-refractivity contribution in [1.29, 1.82) is 0 Å². The highest BCUT2D eigenvalue weighted by Gasteiger charge is 2.41. The molecule has 1 heterocycles. The molecule has 1 fully saturated rings. The highest BCUT2D eigenvalue weighted by Crippen LogP contribution is 2.43. The summed E-state index contributed by atoms with van der Waals surface area (Å²) in [4.78, 5) is 24.2. The minimum atomic E-state index is -1.03. The van der Waals surface area contributed by atoms with Gasteiger partial charge in [-0.25, -0.2) is 4.79 Å². The number of carbonyl (C=O) groups excluding carboxylic acids is 1. The molecular formula is C18H19NO4. The van der Waals surface area contributed by atoms with Gasteiger partial charge in [-0.1, -0.05) is 18.2 Å². The molecule has 4 atom stereocenters. The third-order valence-electron chi connectivity index (χ3n) is 5.20. The largest absolute Gasteiger partial charge is 0.493 e. The van der Waals surface area contributed by atoms with E-state index in [-0.39, 0.29) is 17.7 Å². The molecule has 5 nitrogen and oxygen atoms in total. The Morgan fingerprint density at radius 1 is 1.26 bits per heavy atom. The molecule has 3 aliphatic rings. The number of benzene rings is 1. The topological polar surface area (TPSA) is 75.6 Å². The van der Waals surface area contributed by atoms with Gasteiger partial charge in [0.2, 0.25) is 5.91 Å². The third-order valence-corrected chi connectivity index (χ3v) is 5.20. The second-order valence-corrected chi connectivity index (χ2v) is 6.63. The maximum Gasteiger partial charge on any atom is 0.330 e. The van der Waals surface area contributed by atoms with Crippen molar-refractivity contribution in [2.75, 3.05) is 6.61 Å². The molecular weight excluding hydrogens is 294 g/mol. The van der Waals surface area contributed by atoms with Crippen LogP contribution in [0, 0.1) is 17.8 Å². The van der Waals surface area contributed by atoms with Crippen LogP contribution in [-0.2, 0) is 16.0 Å². The van der Waals surface area contributed by atoms with Gasteiger partial charge in [-0.05, 0) is 47.9 Å². The minimum absolute atomic E-state index is 0.0930. The maximum absolute atomic E-state index is 12.5. The normalized spacial score (nSPS) is 28.3. The van der Waals surface area contributed by atoms with Crippen LogP contribution in [0.5, 0.6) is 5.75 Å². The van der Waals surface area contributed by atoms with Crippen LogP contribution in [0.1, 0.15) is 30.0 Å². The monoisotopic (exact) mass is 313 g/mol. The molecule has 0 radical (unpaired) electrons. The van der Waals surface area contributed by atoms with Gasteiger partial charge in [0, 0.05) is 12.3 Å². The van der Waals surface area contributed by atoms with Crippen molar-refractivity contribution in [3.63, 3.8) is 0 Å². The Morgan fingerprint density at radius 2 is 2.13 bits per heavy atom. The van der Waals surface area contributed by atoms with E-state index in [4.69, 9.17) is 4.74 Å². The Balaban J connectivity index is 1.53. The first-order valence-electron chi connectivity index (χ1n) is 8.09. The lowest BCUT2D eigenvalue weighted by atomic mass is 9.92. The molecule has 1 saturated carbocycles. The van der Waals surface area contributed by atoms with E-state index in [0.717, 1.165) is 30.6 Å². The summed E-state index contributed by atoms with van der Waals surface area (Å²) in [6.07, 6.45) is 6.90. The number of fused-ring (bicyclic) bond motifs is 3. The Hall–Kier alpha value is -2.30. The van der Waals surface area contributed by atoms with Gasteiger partial charge in [-0.15, -0.1) is 0 Å². The zero-order valence-electron chi connectivity index (χ0n) is 12.7. The number of aliphatic carboxylic acids is 1. The van der Waals surface area contributed by atoms with Gasteiger partial charge in [0.25, 0.3) is 0 Å². The number of hydrogen-bond acceptors (Lipinski definition) is 3. The molecule has 0 spiro atoms. The molecule has 2 bridgehead atoms. The van der Waals surface area contributed by atoms with E-state index in [1.54, 1.807) is 12.1 Å². The first kappa shape index (κ1) is 14.3. The predicted molar refractivity (Wildman–Crippen MR) is 83.0 cm³/mol. The standard InChI is InChI=1S/C18H19NO4/c20-17(14-8-10-1-2-11(14)7-10)19-16(18(21)22)13-3-4-15-12(9-13)5-6-23-15/h1-4,9-11,14,16H,5-8H2,(H,19,20)(H,21,22)/t10-,11-,14-,16+/m0/s1. The molecule has 1 amide bonds. The van der Waals surface area contributed by atoms with E-state index in [0.29, 0.717) is 18.1 Å². The number of allylic oxidation sites excluding steroid dienone is 2. The number of ether oxygens (including phenoxy) is 1. The van der Waals surface area contributed by atoms with Gasteiger partial charge in [0.15, 0.2) is 6.04 Å². The highest BCUT2D eigenvalue weighted by atomic mass is 16.5. The van der Waals surface area contributed by atoms with Gasteiger partial charge < -0.3 is 15.2 Å². The first-order valence-corrected chi connectivity index (χ1v) is 8.09. The maximum atomic E-state index is 12.5. The number of carbonyl (C=O) groups is 2. The van der Waals surface area contributed by atoms with Crippen molar-refractivity contribution in [2.24, 2.45) is 17.8 Å². The summed E-state index contributed by atoms with van der Waals surface area (Å²) in [5.74, 6) is 0.285. The molecule has 120 valence electrons. The average Bonchev–Trinajstić information content (AvgIpc) is 3.26. The van der Waals surface area contributed by atoms with Crippen LogP contribution in [0.3, 0.4) is 0 Å². The lowest BCUT2D eigenvalue weighted by molar-refractivity contribution is -0.142. The Kier molecular flexibility index (Phi) is 3.36. The van der Waals surface area contributed by atoms with E-state index < -0.39 is 12.0 Å². The molecule has 1 aromatic rings. The second-order valence-electron chi connectivity index (χ2n) is 6.63. The fraction of sp³-hybridized carbons (Fsp3) is 0.444. The van der Waals surface area contributed by atoms with Crippen molar-refractivity contribution in [3.05, 3.63) is 41.5 Å². The second kappa shape index (κ2) is 5.41. The number of nitrogens with one attached hydrogen (secondary N) is 1. The predicted octanol–water partition coefficient (Wildman–Crippen LogP) is 2.08. The average molecular weight is 313 g/mol. The summed E-state index contributed by atoms with van der Waals surface area (Å²) in [6, 6.07) is 4.35. The molecule has 0 saturated heterocycles. The lowest BCUT2D eigenvalue weighted by Gasteiger charge is -2.21. The van der Waals surface area contributed by atoms with Crippen LogP contribution in [-0.4, -0.2) is 23.6 Å². The van der Waals surface area contributed by atoms with Gasteiger partial charge >= 0.3 is 5.97 Å². The van der Waals surface area contributed by atoms with Crippen LogP contribution in [0.4, 0.5) is 0 Å². The van der Waals surface area contributed by atoms with Crippen molar-refractivity contribution < 1.29 is 19.4 Å². The quantitative estimate of drug-likeness (QED) is 0.835. The van der Waals surface area contributed by atoms with Gasteiger partial charge in [0.1, 0.15) is 5.75 Å². The number of carboxylic acids is 1. The molecule has 1 aliphatic heterocycles. The SMILES string of the molecule is O=C(N[C@@H](C(=O)O)c1ccc2c(c1)CCO2)[C@H]1C[C@H]2C=C[C@H]1C2. The van der Waals surface area contributed by atoms with Crippen LogP contribution in [0.25, 0.3) is 0 Å². The molecule has 2 N–H and O–H groups in total. The summed E-state index contributed by atoms with van der Waals surface area (Å²) in [6.45, 7) is 0.625. The summed E-state index contributed by atoms with van der Waals surface area (Å²) in [5.41, 5.74) is 1.61. The van der Waals surface area contributed by atoms with Crippen molar-refractivity contribution in [2.45, 2.75) is 25.3 Å². The molecule has 5 heteroatoms. The summed E-state index contributed by atoms with van der Waals surface area (Å²) < 4.78 is 5.45. The molecule has 23 heavy (non-hydrogen) atoms. The Morgan fingerprint density at radius 3 is 2.83 bits per heavy atom. The zero-order chi connectivity index (χ0) is 16.0. The number of rotatable bonds is 4. The summed E-state index contributed by atoms with van der Waals surface area (Å²) in [7, 11) is 0. The smallest absolute Gasteiger partial charge is 0.330 e. The molecule has 0 unspecified atom stereocenters. The highest BCUT2D eigenvalue weighted by molar-refractivity contribution is 5.86. The Labute approximate surface area is 134 Å². The van der Waals surface area contributed by atoms with Crippen LogP contribution < -0.4 is 10.1 Å². The van der Waals surface area contributed by atoms with Crippen LogP contribution >= 0.6 is 0 Å². The molecule has 4 rings (SSSR count). The number of amides is 1. The molecule has 2 aliphatic carbocycles. The minimum Gasteiger partial charge on any atom is -0.493 e. The molecule has 1 aromatic carbocycles. The van der Waals surface area contributed by atoms with E-state index >= 15 is 0 Å². The van der Waals surface area contributed by atoms with E-state index in [9.17, 15) is 14.7 Å². The van der Waals surface area contributed by atoms with Crippen molar-refractivity contribution >= 4 is 11.9 Å². The van der Waals surface area contributed by atoms with Crippen molar-refractivity contribution in [3.8, 4) is 5.75 Å². The van der Waals surface area contributed by atoms with Gasteiger partial charge in [-0.3, -0.25) is 4.79 Å². The number of carboxylic acid groups (broad SMARTS) is 1. The van der Waals surface area contributed by atoms with E-state index in [2.05, 4.69) is 17.5 Å². The fourth-order valence-corrected chi connectivity index (χ4v) is 4.01. The van der Waals surface area contributed by atoms with Gasteiger partial charge in [0.05, 0.1) is 6.61 Å². The lowest BCUT2D eigenvalue weighted by Crippen LogP contribution is -2.39. The zero-order valence-corrected chi connectivity index (χ0v) is 12.7. The van der Waals surface area contributed by atoms with Gasteiger partial charge in [-0.2, -0.15) is 0 Å². The number of hydrogen-bond donors (Lipinski definition) is 2. The van der Waals surface area contributed by atoms with E-state index in [1.165, 1.54) is 0 Å². The summed E-state index contributed by atoms with van der Waals surface area (Å²) in [5, 5.41) is 12.3. The summed E-state index contributed by atoms with van der Waals surface area (Å²) >= 11 is 0. The Bertz CT molecular complexity index is 696. The van der Waals surface area contributed by atoms with E-state index in [1.807, 2.05) is 6.07 Å². The molecule has 0 aromatic heterocycles. The van der Waals surface area contributed by atoms with Crippen LogP contribution in [0.15, 0.2) is 30.4 Å². The van der Waals surface area contributed by atoms with Crippen LogP contribution in [0.2, 0.25) is 0 Å². The third kappa shape index (κ3) is 2.50. The fourth-order valence-electron chi connectivity index (χ4n) is 4.01.